The van der Waals surface area contributed by atoms with Crippen LogP contribution in [0, 0.1) is 0 Å². The smallest absolute Gasteiger partial charge is 0.352 e. The third-order valence-electron chi connectivity index (χ3n) is 3.00. The average Bonchev–Trinajstić information content (AvgIpc) is 2.80. The van der Waals surface area contributed by atoms with Gasteiger partial charge >= 0.3 is 5.97 Å². The first-order chi connectivity index (χ1) is 9.65. The van der Waals surface area contributed by atoms with Crippen molar-refractivity contribution in [3.63, 3.8) is 0 Å². The number of aliphatic hydroxyl groups is 1. The van der Waals surface area contributed by atoms with Crippen LogP contribution in [0.15, 0.2) is 17.2 Å². The maximum atomic E-state index is 12.1. The fraction of sp³-hybridized carbons (Fsp3) is 0.615. The predicted octanol–water partition coefficient (Wildman–Crippen LogP) is 1.21. The van der Waals surface area contributed by atoms with E-state index in [9.17, 15) is 13.2 Å². The van der Waals surface area contributed by atoms with Gasteiger partial charge in [0.2, 0.25) is 10.0 Å². The van der Waals surface area contributed by atoms with Gasteiger partial charge in [-0.3, -0.25) is 0 Å². The zero-order chi connectivity index (χ0) is 16.2. The van der Waals surface area contributed by atoms with Crippen LogP contribution in [0.25, 0.3) is 0 Å². The van der Waals surface area contributed by atoms with E-state index < -0.39 is 22.1 Å². The van der Waals surface area contributed by atoms with Crippen molar-refractivity contribution in [1.29, 1.82) is 0 Å². The van der Waals surface area contributed by atoms with Crippen molar-refractivity contribution in [1.82, 2.24) is 9.29 Å². The minimum absolute atomic E-state index is 0.0608. The molecule has 1 unspecified atom stereocenters. The van der Waals surface area contributed by atoms with Crippen molar-refractivity contribution in [2.45, 2.75) is 50.7 Å². The summed E-state index contributed by atoms with van der Waals surface area (Å²) in [5.74, 6) is -1.17. The van der Waals surface area contributed by atoms with Crippen LogP contribution >= 0.6 is 0 Å². The number of carboxylic acid groups (broad SMARTS) is 1. The van der Waals surface area contributed by atoms with Gasteiger partial charge in [0.25, 0.3) is 0 Å². The number of hydrogen-bond donors (Lipinski definition) is 3. The van der Waals surface area contributed by atoms with Crippen molar-refractivity contribution < 1.29 is 23.4 Å². The largest absolute Gasteiger partial charge is 0.477 e. The van der Waals surface area contributed by atoms with E-state index in [1.807, 2.05) is 0 Å². The number of carboxylic acids is 1. The van der Waals surface area contributed by atoms with Gasteiger partial charge in [-0.2, -0.15) is 0 Å². The Kier molecular flexibility index (Phi) is 5.94. The maximum Gasteiger partial charge on any atom is 0.352 e. The molecule has 0 fully saturated rings. The zero-order valence-electron chi connectivity index (χ0n) is 12.4. The molecule has 21 heavy (non-hydrogen) atoms. The molecule has 1 atom stereocenters. The molecule has 7 nitrogen and oxygen atoms in total. The standard InChI is InChI=1S/C13H22N2O5S/c1-9(2)15-8-11(7-12(15)13(17)18)21(19,20)14-6-4-5-10(3)16/h7-10,14,16H,4-6H2,1-3H3,(H,17,18). The number of aromatic carboxylic acids is 1. The van der Waals surface area contributed by atoms with Gasteiger partial charge in [-0.25, -0.2) is 17.9 Å². The van der Waals surface area contributed by atoms with Crippen molar-refractivity contribution in [2.24, 2.45) is 0 Å². The Labute approximate surface area is 124 Å². The lowest BCUT2D eigenvalue weighted by atomic mass is 10.2. The molecule has 1 aromatic rings. The quantitative estimate of drug-likeness (QED) is 0.624. The fourth-order valence-corrected chi connectivity index (χ4v) is 2.99. The molecule has 0 saturated heterocycles. The van der Waals surface area contributed by atoms with Crippen LogP contribution in [0.2, 0.25) is 0 Å². The lowest BCUT2D eigenvalue weighted by Crippen LogP contribution is -2.25. The monoisotopic (exact) mass is 318 g/mol. The highest BCUT2D eigenvalue weighted by molar-refractivity contribution is 7.89. The van der Waals surface area contributed by atoms with Crippen molar-refractivity contribution in [3.8, 4) is 0 Å². The topological polar surface area (TPSA) is 109 Å². The molecular formula is C13H22N2O5S. The molecule has 0 amide bonds. The number of hydrogen-bond acceptors (Lipinski definition) is 4. The highest BCUT2D eigenvalue weighted by atomic mass is 32.2. The van der Waals surface area contributed by atoms with Crippen molar-refractivity contribution in [2.75, 3.05) is 6.54 Å². The fourth-order valence-electron chi connectivity index (χ4n) is 1.89. The van der Waals surface area contributed by atoms with Crippen LogP contribution in [0.1, 0.15) is 50.1 Å². The SMILES string of the molecule is CC(O)CCCNS(=O)(=O)c1cc(C(=O)O)n(C(C)C)c1. The number of aliphatic hydroxyl groups excluding tert-OH is 1. The number of nitrogens with one attached hydrogen (secondary N) is 1. The van der Waals surface area contributed by atoms with Crippen LogP contribution in [0.5, 0.6) is 0 Å². The van der Waals surface area contributed by atoms with E-state index in [0.29, 0.717) is 12.8 Å². The van der Waals surface area contributed by atoms with Gasteiger partial charge in [-0.05, 0) is 39.7 Å². The summed E-state index contributed by atoms with van der Waals surface area (Å²) in [5.41, 5.74) is -0.0608. The van der Waals surface area contributed by atoms with E-state index in [4.69, 9.17) is 10.2 Å². The summed E-state index contributed by atoms with van der Waals surface area (Å²) in [6.07, 6.45) is 1.85. The summed E-state index contributed by atoms with van der Waals surface area (Å²) < 4.78 is 28.0. The number of sulfonamides is 1. The molecule has 0 aliphatic heterocycles. The first kappa shape index (κ1) is 17.7. The molecule has 0 bridgehead atoms. The van der Waals surface area contributed by atoms with Gasteiger partial charge in [0.15, 0.2) is 0 Å². The average molecular weight is 318 g/mol. The van der Waals surface area contributed by atoms with Crippen LogP contribution in [-0.2, 0) is 10.0 Å². The summed E-state index contributed by atoms with van der Waals surface area (Å²) in [6, 6.07) is 0.995. The zero-order valence-corrected chi connectivity index (χ0v) is 13.2. The second kappa shape index (κ2) is 7.06. The van der Waals surface area contributed by atoms with E-state index in [0.717, 1.165) is 6.07 Å². The van der Waals surface area contributed by atoms with E-state index >= 15 is 0 Å². The Hall–Kier alpha value is -1.38. The van der Waals surface area contributed by atoms with Crippen LogP contribution in [0.3, 0.4) is 0 Å². The van der Waals surface area contributed by atoms with Gasteiger partial charge < -0.3 is 14.8 Å². The van der Waals surface area contributed by atoms with Gasteiger partial charge in [0.1, 0.15) is 10.6 Å². The lowest BCUT2D eigenvalue weighted by molar-refractivity contribution is 0.0683. The third-order valence-corrected chi connectivity index (χ3v) is 4.43. The molecule has 1 heterocycles. The molecule has 0 spiro atoms. The molecule has 0 radical (unpaired) electrons. The normalized spacial score (nSPS) is 13.6. The van der Waals surface area contributed by atoms with Crippen LogP contribution in [0.4, 0.5) is 0 Å². The Morgan fingerprint density at radius 3 is 2.43 bits per heavy atom. The summed E-state index contributed by atoms with van der Waals surface area (Å²) in [7, 11) is -3.74. The molecule has 8 heteroatoms. The Balaban J connectivity index is 2.88. The molecule has 1 aromatic heterocycles. The summed E-state index contributed by atoms with van der Waals surface area (Å²) in [6.45, 7) is 5.39. The molecule has 120 valence electrons. The van der Waals surface area contributed by atoms with Gasteiger partial charge in [-0.1, -0.05) is 0 Å². The van der Waals surface area contributed by atoms with E-state index in [-0.39, 0.29) is 23.2 Å². The van der Waals surface area contributed by atoms with Crippen LogP contribution < -0.4 is 4.72 Å². The third kappa shape index (κ3) is 4.83. The second-order valence-electron chi connectivity index (χ2n) is 5.26. The molecule has 3 N–H and O–H groups in total. The van der Waals surface area contributed by atoms with E-state index in [2.05, 4.69) is 4.72 Å². The van der Waals surface area contributed by atoms with E-state index in [1.54, 1.807) is 20.8 Å². The lowest BCUT2D eigenvalue weighted by Gasteiger charge is -2.09. The highest BCUT2D eigenvalue weighted by Gasteiger charge is 2.22. The van der Waals surface area contributed by atoms with Gasteiger partial charge in [-0.15, -0.1) is 0 Å². The summed E-state index contributed by atoms with van der Waals surface area (Å²) in [5, 5.41) is 18.2. The summed E-state index contributed by atoms with van der Waals surface area (Å²) >= 11 is 0. The van der Waals surface area contributed by atoms with Crippen molar-refractivity contribution >= 4 is 16.0 Å². The molecule has 1 rings (SSSR count). The summed E-state index contributed by atoms with van der Waals surface area (Å²) in [4.78, 5) is 11.1. The minimum Gasteiger partial charge on any atom is -0.477 e. The number of nitrogens with zero attached hydrogens (tertiary/aromatic N) is 1. The van der Waals surface area contributed by atoms with Gasteiger partial charge in [0, 0.05) is 18.8 Å². The maximum absolute atomic E-state index is 12.1. The molecular weight excluding hydrogens is 296 g/mol. The Bertz CT molecular complexity index is 590. The first-order valence-electron chi connectivity index (χ1n) is 6.78. The molecule has 0 saturated carbocycles. The van der Waals surface area contributed by atoms with Crippen molar-refractivity contribution in [3.05, 3.63) is 18.0 Å². The number of carbonyl (C=O) groups is 1. The predicted molar refractivity (Wildman–Crippen MR) is 77.9 cm³/mol. The highest BCUT2D eigenvalue weighted by Crippen LogP contribution is 2.19. The van der Waals surface area contributed by atoms with Gasteiger partial charge in [0.05, 0.1) is 6.10 Å². The molecule has 0 aliphatic carbocycles. The first-order valence-corrected chi connectivity index (χ1v) is 8.26. The minimum atomic E-state index is -3.74. The number of aromatic nitrogens is 1. The Morgan fingerprint density at radius 1 is 1.38 bits per heavy atom. The number of rotatable bonds is 8. The second-order valence-corrected chi connectivity index (χ2v) is 7.02. The molecule has 0 aromatic carbocycles. The van der Waals surface area contributed by atoms with E-state index in [1.165, 1.54) is 10.8 Å². The molecule has 0 aliphatic rings. The van der Waals surface area contributed by atoms with Crippen LogP contribution in [-0.4, -0.2) is 41.8 Å². The Morgan fingerprint density at radius 2 is 2.00 bits per heavy atom.